The van der Waals surface area contributed by atoms with Crippen molar-refractivity contribution in [3.8, 4) is 0 Å². The summed E-state index contributed by atoms with van der Waals surface area (Å²) in [5.41, 5.74) is 0. The number of unbranched alkanes of at least 4 members (excludes halogenated alkanes) is 2. The Morgan fingerprint density at radius 2 is 1.45 bits per heavy atom. The average molecular weight is 310 g/mol. The number of carbonyl (C=O) groups is 2. The van der Waals surface area contributed by atoms with Crippen LogP contribution in [0.25, 0.3) is 0 Å². The Morgan fingerprint density at radius 3 is 2.00 bits per heavy atom. The maximum absolute atomic E-state index is 12.5. The minimum absolute atomic E-state index is 0.176. The van der Waals surface area contributed by atoms with Gasteiger partial charge in [0.1, 0.15) is 0 Å². The maximum Gasteiger partial charge on any atom is 0.310 e. The van der Waals surface area contributed by atoms with E-state index in [9.17, 15) is 9.59 Å². The van der Waals surface area contributed by atoms with Gasteiger partial charge in [-0.25, -0.2) is 0 Å². The van der Waals surface area contributed by atoms with Crippen LogP contribution >= 0.6 is 0 Å². The standard InChI is InChI=1S/C18H30O4/c1-4-6-8-21-17(19)15-13-10-12(3)14(11-13)16(15)18(20)22-9-7-5-2/h12-16H,4-11H2,1-3H3. The van der Waals surface area contributed by atoms with Crippen molar-refractivity contribution in [1.29, 1.82) is 0 Å². The number of fused-ring (bicyclic) bond motifs is 2. The lowest BCUT2D eigenvalue weighted by Gasteiger charge is -2.31. The zero-order valence-corrected chi connectivity index (χ0v) is 14.2. The molecule has 0 N–H and O–H groups in total. The van der Waals surface area contributed by atoms with Gasteiger partial charge < -0.3 is 9.47 Å². The first-order valence-electron chi connectivity index (χ1n) is 8.93. The van der Waals surface area contributed by atoms with Gasteiger partial charge in [0.05, 0.1) is 25.0 Å². The molecule has 0 heterocycles. The maximum atomic E-state index is 12.5. The molecule has 0 aromatic carbocycles. The summed E-state index contributed by atoms with van der Waals surface area (Å²) in [6.07, 6.45) is 5.79. The smallest absolute Gasteiger partial charge is 0.310 e. The van der Waals surface area contributed by atoms with Crippen LogP contribution in [0.5, 0.6) is 0 Å². The Kier molecular flexibility index (Phi) is 6.27. The van der Waals surface area contributed by atoms with Gasteiger partial charge in [-0.1, -0.05) is 33.6 Å². The van der Waals surface area contributed by atoms with E-state index in [-0.39, 0.29) is 23.8 Å². The summed E-state index contributed by atoms with van der Waals surface area (Å²) >= 11 is 0. The van der Waals surface area contributed by atoms with Crippen LogP contribution in [-0.2, 0) is 19.1 Å². The molecular weight excluding hydrogens is 280 g/mol. The molecule has 2 rings (SSSR count). The van der Waals surface area contributed by atoms with Gasteiger partial charge in [0.15, 0.2) is 0 Å². The van der Waals surface area contributed by atoms with Gasteiger partial charge in [-0.2, -0.15) is 0 Å². The minimum atomic E-state index is -0.278. The third-order valence-electron chi connectivity index (χ3n) is 5.37. The molecule has 0 aromatic heterocycles. The molecule has 4 nitrogen and oxygen atoms in total. The van der Waals surface area contributed by atoms with Gasteiger partial charge in [0.2, 0.25) is 0 Å². The van der Waals surface area contributed by atoms with E-state index in [1.807, 2.05) is 0 Å². The molecule has 0 amide bonds. The van der Waals surface area contributed by atoms with E-state index in [4.69, 9.17) is 9.47 Å². The molecule has 2 fully saturated rings. The van der Waals surface area contributed by atoms with Crippen LogP contribution in [0.15, 0.2) is 0 Å². The van der Waals surface area contributed by atoms with Crippen molar-refractivity contribution in [3.05, 3.63) is 0 Å². The van der Waals surface area contributed by atoms with Gasteiger partial charge in [-0.15, -0.1) is 0 Å². The van der Waals surface area contributed by atoms with Crippen LogP contribution in [0.3, 0.4) is 0 Å². The van der Waals surface area contributed by atoms with Crippen molar-refractivity contribution in [3.63, 3.8) is 0 Å². The highest BCUT2D eigenvalue weighted by Crippen LogP contribution is 2.55. The summed E-state index contributed by atoms with van der Waals surface area (Å²) in [5.74, 6) is 0.205. The highest BCUT2D eigenvalue weighted by atomic mass is 16.5. The number of rotatable bonds is 8. The van der Waals surface area contributed by atoms with E-state index >= 15 is 0 Å². The first kappa shape index (κ1) is 17.3. The Balaban J connectivity index is 1.99. The lowest BCUT2D eigenvalue weighted by atomic mass is 9.74. The van der Waals surface area contributed by atoms with Crippen LogP contribution in [0.1, 0.15) is 59.3 Å². The van der Waals surface area contributed by atoms with E-state index in [1.165, 1.54) is 0 Å². The normalized spacial score (nSPS) is 33.0. The fourth-order valence-electron chi connectivity index (χ4n) is 4.17. The van der Waals surface area contributed by atoms with Gasteiger partial charge >= 0.3 is 11.9 Å². The lowest BCUT2D eigenvalue weighted by Crippen LogP contribution is -2.39. The molecule has 0 radical (unpaired) electrons. The number of esters is 2. The Morgan fingerprint density at radius 1 is 0.909 bits per heavy atom. The van der Waals surface area contributed by atoms with E-state index < -0.39 is 0 Å². The van der Waals surface area contributed by atoms with Gasteiger partial charge in [-0.05, 0) is 43.4 Å². The second kappa shape index (κ2) is 7.98. The number of hydrogen-bond donors (Lipinski definition) is 0. The number of ether oxygens (including phenoxy) is 2. The fourth-order valence-corrected chi connectivity index (χ4v) is 4.17. The third kappa shape index (κ3) is 3.64. The quantitative estimate of drug-likeness (QED) is 0.508. The van der Waals surface area contributed by atoms with Crippen LogP contribution in [0.2, 0.25) is 0 Å². The van der Waals surface area contributed by atoms with Gasteiger partial charge in [-0.3, -0.25) is 9.59 Å². The van der Waals surface area contributed by atoms with E-state index in [1.54, 1.807) is 0 Å². The zero-order chi connectivity index (χ0) is 16.1. The second-order valence-electron chi connectivity index (χ2n) is 6.97. The molecule has 2 bridgehead atoms. The van der Waals surface area contributed by atoms with E-state index in [0.29, 0.717) is 31.0 Å². The first-order valence-corrected chi connectivity index (χ1v) is 8.93. The van der Waals surface area contributed by atoms with Crippen molar-refractivity contribution in [2.45, 2.75) is 59.3 Å². The molecule has 2 saturated carbocycles. The topological polar surface area (TPSA) is 52.6 Å². The minimum Gasteiger partial charge on any atom is -0.465 e. The molecule has 0 spiro atoms. The molecule has 126 valence electrons. The van der Waals surface area contributed by atoms with E-state index in [2.05, 4.69) is 20.8 Å². The summed E-state index contributed by atoms with van der Waals surface area (Å²) in [5, 5.41) is 0. The van der Waals surface area contributed by atoms with Gasteiger partial charge in [0.25, 0.3) is 0 Å². The number of carbonyl (C=O) groups excluding carboxylic acids is 2. The molecule has 4 heteroatoms. The predicted octanol–water partition coefficient (Wildman–Crippen LogP) is 3.58. The molecule has 5 unspecified atom stereocenters. The molecule has 22 heavy (non-hydrogen) atoms. The summed E-state index contributed by atoms with van der Waals surface area (Å²) in [4.78, 5) is 24.9. The summed E-state index contributed by atoms with van der Waals surface area (Å²) < 4.78 is 10.8. The largest absolute Gasteiger partial charge is 0.465 e. The second-order valence-corrected chi connectivity index (χ2v) is 6.97. The Hall–Kier alpha value is -1.06. The summed E-state index contributed by atoms with van der Waals surface area (Å²) in [6.45, 7) is 7.27. The van der Waals surface area contributed by atoms with Crippen molar-refractivity contribution in [1.82, 2.24) is 0 Å². The van der Waals surface area contributed by atoms with Crippen molar-refractivity contribution in [2.75, 3.05) is 13.2 Å². The highest BCUT2D eigenvalue weighted by Gasteiger charge is 2.57. The fraction of sp³-hybridized carbons (Fsp3) is 0.889. The van der Waals surface area contributed by atoms with Gasteiger partial charge in [0, 0.05) is 0 Å². The third-order valence-corrected chi connectivity index (χ3v) is 5.37. The van der Waals surface area contributed by atoms with E-state index in [0.717, 1.165) is 38.5 Å². The average Bonchev–Trinajstić information content (AvgIpc) is 3.04. The molecule has 0 aromatic rings. The van der Waals surface area contributed by atoms with Crippen molar-refractivity contribution >= 4 is 11.9 Å². The molecular formula is C18H30O4. The Bertz CT molecular complexity index is 393. The SMILES string of the molecule is CCCCOC(=O)C1C2CC(C)C(C2)C1C(=O)OCCCC. The summed E-state index contributed by atoms with van der Waals surface area (Å²) in [7, 11) is 0. The molecule has 2 aliphatic carbocycles. The van der Waals surface area contributed by atoms with Crippen molar-refractivity contribution < 1.29 is 19.1 Å². The highest BCUT2D eigenvalue weighted by molar-refractivity contribution is 5.83. The first-order chi connectivity index (χ1) is 10.6. The van der Waals surface area contributed by atoms with Crippen LogP contribution < -0.4 is 0 Å². The van der Waals surface area contributed by atoms with Crippen molar-refractivity contribution in [2.24, 2.45) is 29.6 Å². The molecule has 0 saturated heterocycles. The molecule has 5 atom stereocenters. The molecule has 2 aliphatic rings. The van der Waals surface area contributed by atoms with Crippen LogP contribution in [0, 0.1) is 29.6 Å². The Labute approximate surface area is 133 Å². The number of hydrogen-bond acceptors (Lipinski definition) is 4. The summed E-state index contributed by atoms with van der Waals surface area (Å²) in [6, 6.07) is 0. The van der Waals surface area contributed by atoms with Crippen LogP contribution in [-0.4, -0.2) is 25.2 Å². The zero-order valence-electron chi connectivity index (χ0n) is 14.2. The van der Waals surface area contributed by atoms with Crippen LogP contribution in [0.4, 0.5) is 0 Å². The predicted molar refractivity (Wildman–Crippen MR) is 84.1 cm³/mol. The monoisotopic (exact) mass is 310 g/mol. The lowest BCUT2D eigenvalue weighted by molar-refractivity contribution is -0.164. The molecule has 0 aliphatic heterocycles.